The Morgan fingerprint density at radius 1 is 1.63 bits per heavy atom. The number of fused-ring (bicyclic) bond motifs is 1. The molecule has 94 valence electrons. The molecule has 0 aromatic carbocycles. The average Bonchev–Trinajstić information content (AvgIpc) is 3.16. The molecule has 0 aliphatic heterocycles. The normalized spacial score (nSPS) is 14.4. The number of carbonyl (C=O) groups excluding carboxylic acids is 1. The quantitative estimate of drug-likeness (QED) is 0.481. The molecule has 2 aromatic rings. The maximum atomic E-state index is 11.0. The molecule has 0 atom stereocenters. The van der Waals surface area contributed by atoms with Crippen molar-refractivity contribution in [1.82, 2.24) is 14.6 Å². The van der Waals surface area contributed by atoms with E-state index in [9.17, 15) is 10.1 Å². The van der Waals surface area contributed by atoms with Crippen LogP contribution in [0.4, 0.5) is 0 Å². The van der Waals surface area contributed by atoms with Crippen molar-refractivity contribution in [2.45, 2.75) is 25.6 Å². The lowest BCUT2D eigenvalue weighted by molar-refractivity contribution is 0.112. The van der Waals surface area contributed by atoms with Gasteiger partial charge >= 0.3 is 6.71 Å². The molecule has 0 unspecified atom stereocenters. The summed E-state index contributed by atoms with van der Waals surface area (Å²) in [7, 11) is 0. The van der Waals surface area contributed by atoms with Gasteiger partial charge in [0.2, 0.25) is 0 Å². The van der Waals surface area contributed by atoms with Crippen LogP contribution in [-0.2, 0) is 0 Å². The van der Waals surface area contributed by atoms with Gasteiger partial charge in [-0.15, -0.1) is 0 Å². The average molecular weight is 273 g/mol. The van der Waals surface area contributed by atoms with E-state index in [1.54, 1.807) is 4.52 Å². The lowest BCUT2D eigenvalue weighted by Crippen LogP contribution is -2.38. The molecule has 2 aromatic heterocycles. The summed E-state index contributed by atoms with van der Waals surface area (Å²) in [5, 5.41) is 13.9. The number of aromatic nitrogens is 3. The number of hydrogen-bond acceptors (Lipinski definition) is 4. The molecule has 0 radical (unpaired) electrons. The van der Waals surface area contributed by atoms with Crippen LogP contribution in [0.1, 0.15) is 28.8 Å². The van der Waals surface area contributed by atoms with E-state index in [-0.39, 0.29) is 6.71 Å². The van der Waals surface area contributed by atoms with E-state index in [1.165, 1.54) is 6.20 Å². The first-order valence-corrected chi connectivity index (χ1v) is 6.43. The lowest BCUT2D eigenvalue weighted by Gasteiger charge is -2.12. The largest absolute Gasteiger partial charge is 0.325 e. The van der Waals surface area contributed by atoms with Gasteiger partial charge in [-0.2, -0.15) is 5.10 Å². The topological polar surface area (TPSA) is 71.1 Å². The Kier molecular flexibility index (Phi) is 2.79. The van der Waals surface area contributed by atoms with E-state index < -0.39 is 0 Å². The number of rotatable bonds is 3. The highest BCUT2D eigenvalue weighted by Crippen LogP contribution is 2.39. The van der Waals surface area contributed by atoms with E-state index in [1.807, 2.05) is 6.92 Å². The summed E-state index contributed by atoms with van der Waals surface area (Å²) >= 11 is 6.13. The number of halogens is 1. The highest BCUT2D eigenvalue weighted by molar-refractivity contribution is 6.81. The Morgan fingerprint density at radius 3 is 2.95 bits per heavy atom. The molecule has 0 N–H and O–H groups in total. The fraction of sp³-hybridized carbons (Fsp3) is 0.333. The van der Waals surface area contributed by atoms with Crippen molar-refractivity contribution in [3.8, 4) is 5.97 Å². The highest BCUT2D eigenvalue weighted by atomic mass is 35.5. The van der Waals surface area contributed by atoms with Gasteiger partial charge < -0.3 is 0 Å². The fourth-order valence-corrected chi connectivity index (χ4v) is 2.53. The van der Waals surface area contributed by atoms with Crippen LogP contribution in [0.5, 0.6) is 0 Å². The second kappa shape index (κ2) is 4.35. The molecule has 0 saturated heterocycles. The van der Waals surface area contributed by atoms with Crippen molar-refractivity contribution in [3.05, 3.63) is 22.5 Å². The Morgan fingerprint density at radius 2 is 2.37 bits per heavy atom. The number of nitriles is 1. The van der Waals surface area contributed by atoms with Gasteiger partial charge in [-0.1, -0.05) is 24.4 Å². The molecule has 7 heteroatoms. The van der Waals surface area contributed by atoms with Gasteiger partial charge in [0.1, 0.15) is 5.15 Å². The molecule has 1 aliphatic rings. The Balaban J connectivity index is 2.32. The van der Waals surface area contributed by atoms with E-state index in [2.05, 4.69) is 16.1 Å². The molecule has 0 bridgehead atoms. The minimum Gasteiger partial charge on any atom is -0.298 e. The molecule has 0 spiro atoms. The maximum Gasteiger partial charge on any atom is 0.325 e. The van der Waals surface area contributed by atoms with Crippen LogP contribution in [-0.4, -0.2) is 27.6 Å². The number of carbonyl (C=O) groups is 1. The summed E-state index contributed by atoms with van der Waals surface area (Å²) in [5.41, 5.74) is 2.32. The predicted octanol–water partition coefficient (Wildman–Crippen LogP) is 1.43. The summed E-state index contributed by atoms with van der Waals surface area (Å²) < 4.78 is 1.58. The molecule has 5 nitrogen and oxygen atoms in total. The van der Waals surface area contributed by atoms with Gasteiger partial charge in [-0.3, -0.25) is 4.79 Å². The van der Waals surface area contributed by atoms with Crippen molar-refractivity contribution >= 4 is 35.8 Å². The standard InChI is InChI=1S/C12H10BClN4O/c1-7-10(13(6-15)9-2-3-9)18-12(17-11(7)14)8(5-19)4-16-18/h4-5,9H,2-3H2,1H3. The fourth-order valence-electron chi connectivity index (χ4n) is 2.35. The number of nitrogens with zero attached hydrogens (tertiary/aromatic N) is 4. The molecular weight excluding hydrogens is 262 g/mol. The van der Waals surface area contributed by atoms with Crippen LogP contribution in [0.3, 0.4) is 0 Å². The lowest BCUT2D eigenvalue weighted by atomic mass is 9.43. The van der Waals surface area contributed by atoms with Gasteiger partial charge in [0.25, 0.3) is 0 Å². The molecule has 19 heavy (non-hydrogen) atoms. The third-order valence-electron chi connectivity index (χ3n) is 3.55. The molecular formula is C12H10BClN4O. The van der Waals surface area contributed by atoms with Gasteiger partial charge in [-0.25, -0.2) is 14.8 Å². The molecule has 1 saturated carbocycles. The third-order valence-corrected chi connectivity index (χ3v) is 3.92. The second-order valence-corrected chi connectivity index (χ2v) is 5.17. The Bertz CT molecular complexity index is 717. The minimum absolute atomic E-state index is 0.248. The zero-order valence-corrected chi connectivity index (χ0v) is 11.1. The maximum absolute atomic E-state index is 11.0. The van der Waals surface area contributed by atoms with Crippen molar-refractivity contribution in [1.29, 1.82) is 5.26 Å². The van der Waals surface area contributed by atoms with E-state index in [0.717, 1.165) is 24.0 Å². The number of aldehydes is 1. The van der Waals surface area contributed by atoms with Gasteiger partial charge in [0.05, 0.1) is 11.8 Å². The van der Waals surface area contributed by atoms with Crippen LogP contribution in [0.25, 0.3) is 5.65 Å². The van der Waals surface area contributed by atoms with Crippen LogP contribution in [0, 0.1) is 18.2 Å². The van der Waals surface area contributed by atoms with E-state index in [0.29, 0.717) is 28.5 Å². The van der Waals surface area contributed by atoms with Crippen molar-refractivity contribution in [2.75, 3.05) is 0 Å². The first kappa shape index (κ1) is 12.2. The van der Waals surface area contributed by atoms with E-state index in [4.69, 9.17) is 11.6 Å². The minimum atomic E-state index is -0.248. The first-order valence-electron chi connectivity index (χ1n) is 6.06. The van der Waals surface area contributed by atoms with Gasteiger partial charge in [-0.05, 0) is 12.7 Å². The second-order valence-electron chi connectivity index (χ2n) is 4.81. The molecule has 2 heterocycles. The molecule has 0 amide bonds. The Labute approximate surface area is 115 Å². The van der Waals surface area contributed by atoms with Crippen LogP contribution in [0.15, 0.2) is 6.20 Å². The summed E-state index contributed by atoms with van der Waals surface area (Å²) in [4.78, 5) is 15.2. The molecule has 1 aliphatic carbocycles. The van der Waals surface area contributed by atoms with Gasteiger partial charge in [0, 0.05) is 17.1 Å². The van der Waals surface area contributed by atoms with Crippen LogP contribution < -0.4 is 5.59 Å². The zero-order chi connectivity index (χ0) is 13.6. The predicted molar refractivity (Wildman–Crippen MR) is 72.1 cm³/mol. The molecule has 3 rings (SSSR count). The Hall–Kier alpha value is -1.87. The third kappa shape index (κ3) is 1.82. The van der Waals surface area contributed by atoms with Crippen molar-refractivity contribution in [3.63, 3.8) is 0 Å². The van der Waals surface area contributed by atoms with Gasteiger partial charge in [0.15, 0.2) is 11.9 Å². The van der Waals surface area contributed by atoms with E-state index >= 15 is 0 Å². The smallest absolute Gasteiger partial charge is 0.298 e. The summed E-state index contributed by atoms with van der Waals surface area (Å²) in [6, 6.07) is 0. The van der Waals surface area contributed by atoms with Crippen molar-refractivity contribution < 1.29 is 4.79 Å². The SMILES string of the molecule is Cc1c(Cl)nc2c(C=O)cnn2c1B(C#N)C1CC1. The van der Waals surface area contributed by atoms with Crippen molar-refractivity contribution in [2.24, 2.45) is 0 Å². The first-order chi connectivity index (χ1) is 9.17. The summed E-state index contributed by atoms with van der Waals surface area (Å²) in [6.45, 7) is 1.58. The summed E-state index contributed by atoms with van der Waals surface area (Å²) in [5.74, 6) is 2.69. The zero-order valence-electron chi connectivity index (χ0n) is 10.3. The highest BCUT2D eigenvalue weighted by Gasteiger charge is 2.40. The monoisotopic (exact) mass is 272 g/mol. The van der Waals surface area contributed by atoms with Crippen LogP contribution in [0.2, 0.25) is 11.0 Å². The number of hydrogen-bond donors (Lipinski definition) is 0. The summed E-state index contributed by atoms with van der Waals surface area (Å²) in [6.07, 6.45) is 4.24. The molecule has 1 fully saturated rings. The van der Waals surface area contributed by atoms with Crippen LogP contribution >= 0.6 is 11.6 Å².